The Hall–Kier alpha value is -3.92. The van der Waals surface area contributed by atoms with E-state index in [0.29, 0.717) is 46.9 Å². The molecule has 1 heterocycles. The molecule has 0 bridgehead atoms. The highest BCUT2D eigenvalue weighted by Gasteiger charge is 2.30. The zero-order valence-electron chi connectivity index (χ0n) is 20.2. The molecule has 1 aliphatic rings. The van der Waals surface area contributed by atoms with Gasteiger partial charge in [0.25, 0.3) is 5.91 Å². The van der Waals surface area contributed by atoms with Crippen molar-refractivity contribution in [2.45, 2.75) is 32.9 Å². The number of hydrogen-bond acceptors (Lipinski definition) is 7. The van der Waals surface area contributed by atoms with Crippen LogP contribution in [-0.4, -0.2) is 60.3 Å². The lowest BCUT2D eigenvalue weighted by molar-refractivity contribution is -0.139. The van der Waals surface area contributed by atoms with Crippen LogP contribution < -0.4 is 20.5 Å². The second-order valence-corrected chi connectivity index (χ2v) is 8.76. The van der Waals surface area contributed by atoms with Gasteiger partial charge < -0.3 is 30.5 Å². The molecule has 10 nitrogen and oxygen atoms in total. The predicted octanol–water partition coefficient (Wildman–Crippen LogP) is 2.13. The Morgan fingerprint density at radius 2 is 1.89 bits per heavy atom. The standard InChI is InChI=1S/C25H30N4O6/c1-5-34-21-9-15-11-29(23(26)16(15)10-17(21)24(33)28-4)12-19(30)14-6-7-20(35-13-22(31)32)18(8-14)25(2,3)27/h6-10,26H,5,11-13,27H2,1-4H3,(H,28,33)(H,31,32). The summed E-state index contributed by atoms with van der Waals surface area (Å²) < 4.78 is 11.0. The number of hydrogen-bond donors (Lipinski definition) is 4. The first-order valence-electron chi connectivity index (χ1n) is 11.1. The fourth-order valence-electron chi connectivity index (χ4n) is 3.89. The van der Waals surface area contributed by atoms with Crippen LogP contribution in [0.2, 0.25) is 0 Å². The topological polar surface area (TPSA) is 155 Å². The monoisotopic (exact) mass is 482 g/mol. The van der Waals surface area contributed by atoms with Gasteiger partial charge in [0.05, 0.1) is 18.7 Å². The van der Waals surface area contributed by atoms with Crippen LogP contribution in [-0.2, 0) is 16.9 Å². The number of benzene rings is 2. The van der Waals surface area contributed by atoms with E-state index in [1.54, 1.807) is 43.0 Å². The summed E-state index contributed by atoms with van der Waals surface area (Å²) in [5, 5.41) is 20.1. The predicted molar refractivity (Wildman–Crippen MR) is 129 cm³/mol. The van der Waals surface area contributed by atoms with Gasteiger partial charge in [0.15, 0.2) is 12.4 Å². The maximum absolute atomic E-state index is 13.1. The van der Waals surface area contributed by atoms with E-state index in [4.69, 9.17) is 25.7 Å². The van der Waals surface area contributed by atoms with E-state index in [0.717, 1.165) is 5.56 Å². The molecule has 3 rings (SSSR count). The van der Waals surface area contributed by atoms with E-state index in [1.807, 2.05) is 6.92 Å². The van der Waals surface area contributed by atoms with Crippen molar-refractivity contribution in [3.05, 3.63) is 58.1 Å². The molecule has 0 radical (unpaired) electrons. The third-order valence-electron chi connectivity index (χ3n) is 5.59. The Labute approximate surface area is 203 Å². The Morgan fingerprint density at radius 3 is 2.49 bits per heavy atom. The molecule has 0 saturated carbocycles. The minimum atomic E-state index is -1.12. The zero-order valence-corrected chi connectivity index (χ0v) is 20.2. The molecule has 0 saturated heterocycles. The first-order chi connectivity index (χ1) is 16.5. The summed E-state index contributed by atoms with van der Waals surface area (Å²) in [5.74, 6) is -0.816. The number of carbonyl (C=O) groups is 3. The maximum Gasteiger partial charge on any atom is 0.341 e. The molecule has 1 aliphatic heterocycles. The van der Waals surface area contributed by atoms with E-state index in [-0.39, 0.29) is 24.1 Å². The molecule has 1 amide bonds. The molecule has 186 valence electrons. The molecule has 35 heavy (non-hydrogen) atoms. The molecule has 0 aliphatic carbocycles. The molecular weight excluding hydrogens is 452 g/mol. The van der Waals surface area contributed by atoms with Gasteiger partial charge in [-0.1, -0.05) is 0 Å². The first kappa shape index (κ1) is 25.7. The summed E-state index contributed by atoms with van der Waals surface area (Å²) in [6.07, 6.45) is 0. The first-order valence-corrected chi connectivity index (χ1v) is 11.1. The average molecular weight is 483 g/mol. The Bertz CT molecular complexity index is 1190. The molecule has 0 unspecified atom stereocenters. The van der Waals surface area contributed by atoms with Gasteiger partial charge in [0, 0.05) is 35.8 Å². The normalized spacial score (nSPS) is 12.8. The summed E-state index contributed by atoms with van der Waals surface area (Å²) in [4.78, 5) is 38.0. The van der Waals surface area contributed by atoms with Crippen molar-refractivity contribution in [1.82, 2.24) is 10.2 Å². The molecular formula is C25H30N4O6. The lowest BCUT2D eigenvalue weighted by Crippen LogP contribution is -2.32. The number of carboxylic acids is 1. The molecule has 10 heteroatoms. The van der Waals surface area contributed by atoms with Gasteiger partial charge in [-0.2, -0.15) is 0 Å². The quantitative estimate of drug-likeness (QED) is 0.375. The van der Waals surface area contributed by atoms with Crippen molar-refractivity contribution < 1.29 is 29.0 Å². The minimum absolute atomic E-state index is 0.0629. The highest BCUT2D eigenvalue weighted by molar-refractivity contribution is 6.07. The minimum Gasteiger partial charge on any atom is -0.493 e. The third kappa shape index (κ3) is 5.60. The number of carbonyl (C=O) groups excluding carboxylic acids is 2. The highest BCUT2D eigenvalue weighted by Crippen LogP contribution is 2.32. The molecule has 0 aromatic heterocycles. The van der Waals surface area contributed by atoms with Gasteiger partial charge in [0.1, 0.15) is 17.3 Å². The number of carboxylic acid groups (broad SMARTS) is 1. The lowest BCUT2D eigenvalue weighted by Gasteiger charge is -2.24. The van der Waals surface area contributed by atoms with Crippen LogP contribution in [0.15, 0.2) is 30.3 Å². The fourth-order valence-corrected chi connectivity index (χ4v) is 3.89. The Morgan fingerprint density at radius 1 is 1.17 bits per heavy atom. The fraction of sp³-hybridized carbons (Fsp3) is 0.360. The van der Waals surface area contributed by atoms with Crippen LogP contribution in [0, 0.1) is 5.41 Å². The van der Waals surface area contributed by atoms with E-state index in [9.17, 15) is 14.4 Å². The second kappa shape index (κ2) is 10.1. The summed E-state index contributed by atoms with van der Waals surface area (Å²) in [6, 6.07) is 8.05. The molecule has 0 fully saturated rings. The van der Waals surface area contributed by atoms with Crippen molar-refractivity contribution in [3.63, 3.8) is 0 Å². The van der Waals surface area contributed by atoms with Gasteiger partial charge in [-0.25, -0.2) is 4.79 Å². The molecule has 2 aromatic carbocycles. The number of fused-ring (bicyclic) bond motifs is 1. The van der Waals surface area contributed by atoms with E-state index < -0.39 is 18.1 Å². The third-order valence-corrected chi connectivity index (χ3v) is 5.59. The number of amides is 1. The van der Waals surface area contributed by atoms with Gasteiger partial charge in [-0.15, -0.1) is 0 Å². The van der Waals surface area contributed by atoms with Crippen molar-refractivity contribution in [2.24, 2.45) is 5.73 Å². The number of Topliss-reactive ketones (excluding diaryl/α,β-unsaturated/α-hetero) is 1. The summed E-state index contributed by atoms with van der Waals surface area (Å²) >= 11 is 0. The number of nitrogens with zero attached hydrogens (tertiary/aromatic N) is 1. The van der Waals surface area contributed by atoms with Crippen LogP contribution in [0.25, 0.3) is 0 Å². The number of nitrogens with one attached hydrogen (secondary N) is 2. The van der Waals surface area contributed by atoms with Crippen molar-refractivity contribution >= 4 is 23.5 Å². The molecule has 5 N–H and O–H groups in total. The number of rotatable bonds is 10. The van der Waals surface area contributed by atoms with Crippen LogP contribution in [0.3, 0.4) is 0 Å². The summed E-state index contributed by atoms with van der Waals surface area (Å²) in [7, 11) is 1.52. The zero-order chi connectivity index (χ0) is 25.9. The number of amidine groups is 1. The molecule has 0 spiro atoms. The van der Waals surface area contributed by atoms with Gasteiger partial charge in [-0.3, -0.25) is 15.0 Å². The number of nitrogens with two attached hydrogens (primary N) is 1. The van der Waals surface area contributed by atoms with Gasteiger partial charge in [0.2, 0.25) is 0 Å². The van der Waals surface area contributed by atoms with Crippen LogP contribution in [0.1, 0.15) is 58.2 Å². The second-order valence-electron chi connectivity index (χ2n) is 8.76. The Balaban J connectivity index is 1.85. The van der Waals surface area contributed by atoms with Crippen molar-refractivity contribution in [2.75, 3.05) is 26.8 Å². The highest BCUT2D eigenvalue weighted by atomic mass is 16.5. The average Bonchev–Trinajstić information content (AvgIpc) is 3.10. The maximum atomic E-state index is 13.1. The summed E-state index contributed by atoms with van der Waals surface area (Å²) in [5.41, 5.74) is 7.92. The van der Waals surface area contributed by atoms with Crippen molar-refractivity contribution in [3.8, 4) is 11.5 Å². The van der Waals surface area contributed by atoms with Gasteiger partial charge >= 0.3 is 5.97 Å². The van der Waals surface area contributed by atoms with Gasteiger partial charge in [-0.05, 0) is 56.7 Å². The van der Waals surface area contributed by atoms with Crippen LogP contribution in [0.4, 0.5) is 0 Å². The van der Waals surface area contributed by atoms with E-state index in [1.165, 1.54) is 13.1 Å². The van der Waals surface area contributed by atoms with E-state index >= 15 is 0 Å². The number of ether oxygens (including phenoxy) is 2. The number of ketones is 1. The summed E-state index contributed by atoms with van der Waals surface area (Å²) in [6.45, 7) is 5.40. The van der Waals surface area contributed by atoms with E-state index in [2.05, 4.69) is 5.32 Å². The molecule has 2 aromatic rings. The van der Waals surface area contributed by atoms with Crippen molar-refractivity contribution in [1.29, 1.82) is 5.41 Å². The van der Waals surface area contributed by atoms with Crippen LogP contribution >= 0.6 is 0 Å². The molecule has 0 atom stereocenters. The lowest BCUT2D eigenvalue weighted by atomic mass is 9.92. The Kier molecular flexibility index (Phi) is 7.45. The number of aliphatic carboxylic acids is 1. The smallest absolute Gasteiger partial charge is 0.341 e. The largest absolute Gasteiger partial charge is 0.493 e. The van der Waals surface area contributed by atoms with Crippen LogP contribution in [0.5, 0.6) is 11.5 Å². The SMILES string of the molecule is CCOc1cc2c(cc1C(=O)NC)C(=N)N(CC(=O)c1ccc(OCC(=O)O)c(C(C)(C)N)c1)C2.